The van der Waals surface area contributed by atoms with Gasteiger partial charge in [0.15, 0.2) is 5.96 Å². The third kappa shape index (κ3) is 6.52. The van der Waals surface area contributed by atoms with Gasteiger partial charge in [0.1, 0.15) is 0 Å². The Labute approximate surface area is 147 Å². The van der Waals surface area contributed by atoms with Gasteiger partial charge in [-0.1, -0.05) is 43.7 Å². The molecular weight excluding hydrogens is 296 g/mol. The maximum absolute atomic E-state index is 4.35. The lowest BCUT2D eigenvalue weighted by molar-refractivity contribution is 0.159. The number of rotatable bonds is 6. The summed E-state index contributed by atoms with van der Waals surface area (Å²) in [5.41, 5.74) is 2.58. The smallest absolute Gasteiger partial charge is 0.191 e. The van der Waals surface area contributed by atoms with Crippen LogP contribution in [0.3, 0.4) is 0 Å². The van der Waals surface area contributed by atoms with Crippen molar-refractivity contribution < 1.29 is 0 Å². The Kier molecular flexibility index (Phi) is 7.57. The number of guanidine groups is 1. The number of nitrogens with zero attached hydrogens (tertiary/aromatic N) is 2. The third-order valence-electron chi connectivity index (χ3n) is 4.59. The van der Waals surface area contributed by atoms with Crippen molar-refractivity contribution in [1.82, 2.24) is 15.5 Å². The van der Waals surface area contributed by atoms with Gasteiger partial charge in [0.25, 0.3) is 0 Å². The highest BCUT2D eigenvalue weighted by atomic mass is 15.2. The van der Waals surface area contributed by atoms with Crippen LogP contribution in [0.15, 0.2) is 29.3 Å². The van der Waals surface area contributed by atoms with Crippen LogP contribution in [-0.2, 0) is 6.54 Å². The number of piperidine rings is 1. The molecule has 1 atom stereocenters. The summed E-state index contributed by atoms with van der Waals surface area (Å²) >= 11 is 0. The minimum Gasteiger partial charge on any atom is -0.356 e. The Hall–Kier alpha value is -1.55. The maximum Gasteiger partial charge on any atom is 0.191 e. The number of hydrogen-bond donors (Lipinski definition) is 2. The molecule has 134 valence electrons. The second-order valence-corrected chi connectivity index (χ2v) is 7.45. The van der Waals surface area contributed by atoms with Crippen LogP contribution in [0.5, 0.6) is 0 Å². The molecule has 0 aromatic heterocycles. The van der Waals surface area contributed by atoms with Gasteiger partial charge in [-0.3, -0.25) is 4.99 Å². The highest BCUT2D eigenvalue weighted by molar-refractivity contribution is 5.79. The number of nitrogens with one attached hydrogen (secondary N) is 2. The van der Waals surface area contributed by atoms with Crippen LogP contribution < -0.4 is 10.6 Å². The van der Waals surface area contributed by atoms with E-state index in [1.165, 1.54) is 43.6 Å². The van der Waals surface area contributed by atoms with Gasteiger partial charge in [-0.05, 0) is 43.7 Å². The fourth-order valence-electron chi connectivity index (χ4n) is 3.35. The van der Waals surface area contributed by atoms with Crippen molar-refractivity contribution in [3.8, 4) is 0 Å². The predicted molar refractivity (Wildman–Crippen MR) is 103 cm³/mol. The van der Waals surface area contributed by atoms with E-state index in [0.717, 1.165) is 30.9 Å². The molecule has 1 aromatic carbocycles. The first-order valence-corrected chi connectivity index (χ1v) is 9.29. The molecule has 0 saturated carbocycles. The van der Waals surface area contributed by atoms with Crippen LogP contribution in [0.25, 0.3) is 0 Å². The van der Waals surface area contributed by atoms with Crippen LogP contribution in [0.2, 0.25) is 0 Å². The molecule has 0 spiro atoms. The molecule has 1 aliphatic heterocycles. The van der Waals surface area contributed by atoms with E-state index < -0.39 is 0 Å². The summed E-state index contributed by atoms with van der Waals surface area (Å²) in [5.74, 6) is 2.37. The average molecular weight is 331 g/mol. The number of likely N-dealkylation sites (tertiary alicyclic amines) is 1. The third-order valence-corrected chi connectivity index (χ3v) is 4.59. The lowest BCUT2D eigenvalue weighted by Gasteiger charge is -2.34. The Morgan fingerprint density at radius 3 is 2.67 bits per heavy atom. The minimum absolute atomic E-state index is 0.718. The van der Waals surface area contributed by atoms with Crippen LogP contribution in [-0.4, -0.2) is 44.1 Å². The minimum atomic E-state index is 0.718. The van der Waals surface area contributed by atoms with E-state index in [2.05, 4.69) is 65.6 Å². The van der Waals surface area contributed by atoms with E-state index in [1.54, 1.807) is 0 Å². The Morgan fingerprint density at radius 1 is 1.25 bits per heavy atom. The molecule has 1 fully saturated rings. The van der Waals surface area contributed by atoms with Crippen molar-refractivity contribution in [3.05, 3.63) is 35.4 Å². The van der Waals surface area contributed by atoms with Crippen LogP contribution >= 0.6 is 0 Å². The molecule has 0 amide bonds. The largest absolute Gasteiger partial charge is 0.356 e. The highest BCUT2D eigenvalue weighted by Crippen LogP contribution is 2.16. The molecule has 1 aliphatic rings. The topological polar surface area (TPSA) is 39.7 Å². The van der Waals surface area contributed by atoms with Crippen molar-refractivity contribution in [2.75, 3.05) is 33.2 Å². The van der Waals surface area contributed by atoms with Crippen LogP contribution in [0, 0.1) is 18.8 Å². The van der Waals surface area contributed by atoms with Gasteiger partial charge in [0.2, 0.25) is 0 Å². The zero-order chi connectivity index (χ0) is 17.4. The van der Waals surface area contributed by atoms with Crippen molar-refractivity contribution in [2.45, 2.75) is 40.2 Å². The molecule has 1 unspecified atom stereocenters. The molecule has 1 heterocycles. The molecule has 0 aliphatic carbocycles. The summed E-state index contributed by atoms with van der Waals surface area (Å²) in [7, 11) is 1.84. The standard InChI is InChI=1S/C20H34N4/c1-16(2)14-24-11-5-6-19(15-24)13-23-20(21-4)22-12-18-9-7-17(3)8-10-18/h7-10,16,19H,5-6,11-15H2,1-4H3,(H2,21,22,23). The van der Waals surface area contributed by atoms with Gasteiger partial charge in [0, 0.05) is 33.2 Å². The number of aliphatic imine (C=N–C) groups is 1. The van der Waals surface area contributed by atoms with Gasteiger partial charge in [0.05, 0.1) is 0 Å². The first-order valence-electron chi connectivity index (χ1n) is 9.29. The molecule has 1 aromatic rings. The van der Waals surface area contributed by atoms with Gasteiger partial charge >= 0.3 is 0 Å². The monoisotopic (exact) mass is 330 g/mol. The van der Waals surface area contributed by atoms with E-state index in [9.17, 15) is 0 Å². The molecule has 2 rings (SSSR count). The van der Waals surface area contributed by atoms with Crippen molar-refractivity contribution in [1.29, 1.82) is 0 Å². The maximum atomic E-state index is 4.35. The van der Waals surface area contributed by atoms with E-state index in [-0.39, 0.29) is 0 Å². The SMILES string of the molecule is CN=C(NCc1ccc(C)cc1)NCC1CCCN(CC(C)C)C1. The zero-order valence-corrected chi connectivity index (χ0v) is 15.8. The van der Waals surface area contributed by atoms with Gasteiger partial charge in [-0.25, -0.2) is 0 Å². The quantitative estimate of drug-likeness (QED) is 0.622. The van der Waals surface area contributed by atoms with Gasteiger partial charge in [-0.15, -0.1) is 0 Å². The molecule has 24 heavy (non-hydrogen) atoms. The first kappa shape index (κ1) is 18.8. The lowest BCUT2D eigenvalue weighted by Crippen LogP contribution is -2.44. The zero-order valence-electron chi connectivity index (χ0n) is 15.8. The molecule has 4 nitrogen and oxygen atoms in total. The van der Waals surface area contributed by atoms with Crippen molar-refractivity contribution >= 4 is 5.96 Å². The normalized spacial score (nSPS) is 19.5. The Bertz CT molecular complexity index is 507. The van der Waals surface area contributed by atoms with E-state index >= 15 is 0 Å². The number of benzene rings is 1. The summed E-state index contributed by atoms with van der Waals surface area (Å²) in [6.45, 7) is 12.2. The summed E-state index contributed by atoms with van der Waals surface area (Å²) in [4.78, 5) is 6.97. The second kappa shape index (κ2) is 9.67. The molecule has 1 saturated heterocycles. The Morgan fingerprint density at radius 2 is 2.00 bits per heavy atom. The average Bonchev–Trinajstić information content (AvgIpc) is 2.56. The first-order chi connectivity index (χ1) is 11.6. The summed E-state index contributed by atoms with van der Waals surface area (Å²) in [5, 5.41) is 6.92. The van der Waals surface area contributed by atoms with E-state index in [1.807, 2.05) is 7.05 Å². The van der Waals surface area contributed by atoms with Gasteiger partial charge < -0.3 is 15.5 Å². The number of hydrogen-bond acceptors (Lipinski definition) is 2. The van der Waals surface area contributed by atoms with Crippen LogP contribution in [0.4, 0.5) is 0 Å². The van der Waals surface area contributed by atoms with Crippen LogP contribution in [0.1, 0.15) is 37.8 Å². The summed E-state index contributed by atoms with van der Waals surface area (Å²) in [6, 6.07) is 8.64. The number of aryl methyl sites for hydroxylation is 1. The molecule has 2 N–H and O–H groups in total. The van der Waals surface area contributed by atoms with Crippen molar-refractivity contribution in [3.63, 3.8) is 0 Å². The molecule has 0 bridgehead atoms. The lowest BCUT2D eigenvalue weighted by atomic mass is 9.97. The van der Waals surface area contributed by atoms with E-state index in [0.29, 0.717) is 0 Å². The Balaban J connectivity index is 1.73. The van der Waals surface area contributed by atoms with E-state index in [4.69, 9.17) is 0 Å². The second-order valence-electron chi connectivity index (χ2n) is 7.45. The summed E-state index contributed by atoms with van der Waals surface area (Å²) in [6.07, 6.45) is 2.63. The highest BCUT2D eigenvalue weighted by Gasteiger charge is 2.20. The fraction of sp³-hybridized carbons (Fsp3) is 0.650. The fourth-order valence-corrected chi connectivity index (χ4v) is 3.35. The van der Waals surface area contributed by atoms with Gasteiger partial charge in [-0.2, -0.15) is 0 Å². The summed E-state index contributed by atoms with van der Waals surface area (Å²) < 4.78 is 0. The molecular formula is C20H34N4. The van der Waals surface area contributed by atoms with Crippen molar-refractivity contribution in [2.24, 2.45) is 16.8 Å². The molecule has 4 heteroatoms. The molecule has 0 radical (unpaired) electrons. The predicted octanol–water partition coefficient (Wildman–Crippen LogP) is 3.03.